The van der Waals surface area contributed by atoms with Gasteiger partial charge in [-0.3, -0.25) is 0 Å². The Bertz CT molecular complexity index is 1310. The van der Waals surface area contributed by atoms with Gasteiger partial charge in [0.1, 0.15) is 34.7 Å². The summed E-state index contributed by atoms with van der Waals surface area (Å²) < 4.78 is 14.4. The Hall–Kier alpha value is -3.29. The van der Waals surface area contributed by atoms with Crippen molar-refractivity contribution in [2.75, 3.05) is 13.1 Å². The van der Waals surface area contributed by atoms with Crippen molar-refractivity contribution < 1.29 is 4.74 Å². The predicted molar refractivity (Wildman–Crippen MR) is 121 cm³/mol. The summed E-state index contributed by atoms with van der Waals surface area (Å²) in [6.45, 7) is 8.04. The van der Waals surface area contributed by atoms with Gasteiger partial charge in [-0.15, -0.1) is 5.10 Å². The fraction of sp³-hybridized carbons (Fsp3) is 0.409. The van der Waals surface area contributed by atoms with E-state index < -0.39 is 0 Å². The number of nitrogens with zero attached hydrogens (tertiary/aromatic N) is 7. The molecule has 1 atom stereocenters. The third-order valence-corrected chi connectivity index (χ3v) is 7.07. The fourth-order valence-corrected chi connectivity index (χ4v) is 5.05. The highest BCUT2D eigenvalue weighted by Crippen LogP contribution is 2.35. The summed E-state index contributed by atoms with van der Waals surface area (Å²) in [7, 11) is 0. The first-order valence-electron chi connectivity index (χ1n) is 10.7. The van der Waals surface area contributed by atoms with E-state index >= 15 is 0 Å². The van der Waals surface area contributed by atoms with Crippen LogP contribution in [0.5, 0.6) is 5.75 Å². The molecule has 0 saturated carbocycles. The number of nitriles is 1. The second-order valence-electron chi connectivity index (χ2n) is 8.14. The third-order valence-electron chi connectivity index (χ3n) is 6.01. The van der Waals surface area contributed by atoms with E-state index in [1.54, 1.807) is 10.7 Å². The molecular formula is C22H24N8OS. The molecule has 5 heterocycles. The van der Waals surface area contributed by atoms with E-state index in [4.69, 9.17) is 4.74 Å². The smallest absolute Gasteiger partial charge is 0.148 e. The van der Waals surface area contributed by atoms with Crippen LogP contribution in [0.15, 0.2) is 24.7 Å². The van der Waals surface area contributed by atoms with Crippen molar-refractivity contribution in [2.24, 2.45) is 0 Å². The molecule has 0 aliphatic carbocycles. The van der Waals surface area contributed by atoms with Gasteiger partial charge in [-0.2, -0.15) is 10.4 Å². The maximum absolute atomic E-state index is 9.59. The molecule has 1 aliphatic rings. The van der Waals surface area contributed by atoms with Gasteiger partial charge in [0.15, 0.2) is 0 Å². The van der Waals surface area contributed by atoms with Crippen LogP contribution in [-0.4, -0.2) is 42.1 Å². The van der Waals surface area contributed by atoms with Crippen LogP contribution in [0, 0.1) is 25.2 Å². The van der Waals surface area contributed by atoms with Crippen molar-refractivity contribution in [3.63, 3.8) is 0 Å². The molecule has 4 aromatic rings. The number of piperidine rings is 1. The summed E-state index contributed by atoms with van der Waals surface area (Å²) in [6, 6.07) is 4.50. The summed E-state index contributed by atoms with van der Waals surface area (Å²) >= 11 is 1.42. The second kappa shape index (κ2) is 8.33. The zero-order valence-corrected chi connectivity index (χ0v) is 19.1. The Morgan fingerprint density at radius 2 is 2.09 bits per heavy atom. The lowest BCUT2D eigenvalue weighted by Gasteiger charge is -2.23. The molecule has 5 rings (SSSR count). The molecule has 1 fully saturated rings. The van der Waals surface area contributed by atoms with Gasteiger partial charge in [0.2, 0.25) is 0 Å². The fourth-order valence-electron chi connectivity index (χ4n) is 4.33. The van der Waals surface area contributed by atoms with E-state index in [0.717, 1.165) is 53.3 Å². The van der Waals surface area contributed by atoms with Crippen molar-refractivity contribution >= 4 is 17.0 Å². The van der Waals surface area contributed by atoms with Gasteiger partial charge < -0.3 is 10.1 Å². The van der Waals surface area contributed by atoms with Crippen molar-refractivity contribution in [1.82, 2.24) is 34.3 Å². The van der Waals surface area contributed by atoms with E-state index in [-0.39, 0.29) is 6.10 Å². The number of aromatic nitrogens is 6. The minimum absolute atomic E-state index is 0.213. The van der Waals surface area contributed by atoms with Crippen LogP contribution in [0.4, 0.5) is 0 Å². The standard InChI is InChI=1S/C22H24N8OS/c1-13-10-26-32-22(13)15(3)31-19-8-16(12-29-21(19)17(9-23)11-25-29)20-14(2)30(28-27-20)18-4-6-24-7-5-18/h8,10-12,15,18,24H,4-7H2,1-3H3. The first-order valence-corrected chi connectivity index (χ1v) is 11.5. The normalized spacial score (nSPS) is 15.7. The van der Waals surface area contributed by atoms with E-state index in [0.29, 0.717) is 22.9 Å². The van der Waals surface area contributed by atoms with Gasteiger partial charge >= 0.3 is 0 Å². The molecule has 1 aliphatic heterocycles. The average Bonchev–Trinajstić information content (AvgIpc) is 3.52. The number of fused-ring (bicyclic) bond motifs is 1. The van der Waals surface area contributed by atoms with E-state index in [2.05, 4.69) is 38.1 Å². The number of pyridine rings is 1. The molecule has 164 valence electrons. The average molecular weight is 449 g/mol. The van der Waals surface area contributed by atoms with Crippen LogP contribution in [0.25, 0.3) is 16.8 Å². The summed E-state index contributed by atoms with van der Waals surface area (Å²) in [5, 5.41) is 26.3. The molecule has 32 heavy (non-hydrogen) atoms. The van der Waals surface area contributed by atoms with Crippen molar-refractivity contribution in [3.8, 4) is 23.1 Å². The molecule has 0 aromatic carbocycles. The molecule has 0 amide bonds. The maximum Gasteiger partial charge on any atom is 0.148 e. The molecule has 1 unspecified atom stereocenters. The predicted octanol–water partition coefficient (Wildman–Crippen LogP) is 3.60. The highest BCUT2D eigenvalue weighted by molar-refractivity contribution is 7.06. The molecule has 9 nitrogen and oxygen atoms in total. The monoisotopic (exact) mass is 448 g/mol. The molecular weight excluding hydrogens is 424 g/mol. The largest absolute Gasteiger partial charge is 0.483 e. The molecule has 4 aromatic heterocycles. The summed E-state index contributed by atoms with van der Waals surface area (Å²) in [6.07, 6.45) is 7.15. The minimum atomic E-state index is -0.213. The zero-order valence-electron chi connectivity index (χ0n) is 18.2. The van der Waals surface area contributed by atoms with Crippen molar-refractivity contribution in [1.29, 1.82) is 5.26 Å². The second-order valence-corrected chi connectivity index (χ2v) is 8.97. The molecule has 1 saturated heterocycles. The summed E-state index contributed by atoms with van der Waals surface area (Å²) in [5.41, 5.74) is 4.87. The topological polar surface area (TPSA) is 106 Å². The summed E-state index contributed by atoms with van der Waals surface area (Å²) in [4.78, 5) is 1.06. The Morgan fingerprint density at radius 3 is 2.81 bits per heavy atom. The molecule has 10 heteroatoms. The van der Waals surface area contributed by atoms with Crippen LogP contribution in [0.1, 0.15) is 53.6 Å². The van der Waals surface area contributed by atoms with Crippen LogP contribution in [-0.2, 0) is 0 Å². The quantitative estimate of drug-likeness (QED) is 0.497. The Labute approximate surface area is 189 Å². The van der Waals surface area contributed by atoms with E-state index in [1.807, 2.05) is 37.0 Å². The number of rotatable bonds is 5. The molecule has 0 spiro atoms. The Morgan fingerprint density at radius 1 is 1.28 bits per heavy atom. The molecule has 0 radical (unpaired) electrons. The van der Waals surface area contributed by atoms with E-state index in [9.17, 15) is 5.26 Å². The lowest BCUT2D eigenvalue weighted by atomic mass is 10.1. The highest BCUT2D eigenvalue weighted by atomic mass is 32.1. The molecule has 1 N–H and O–H groups in total. The number of hydrogen-bond donors (Lipinski definition) is 1. The van der Waals surface area contributed by atoms with Crippen LogP contribution in [0.2, 0.25) is 0 Å². The number of aryl methyl sites for hydroxylation is 1. The van der Waals surface area contributed by atoms with Crippen molar-refractivity contribution in [3.05, 3.63) is 46.4 Å². The van der Waals surface area contributed by atoms with Crippen LogP contribution < -0.4 is 10.1 Å². The van der Waals surface area contributed by atoms with Gasteiger partial charge in [0.25, 0.3) is 0 Å². The lowest BCUT2D eigenvalue weighted by Crippen LogP contribution is -2.30. The minimum Gasteiger partial charge on any atom is -0.483 e. The number of hydrogen-bond acceptors (Lipinski definition) is 8. The number of ether oxygens (including phenoxy) is 1. The number of nitrogens with one attached hydrogen (secondary N) is 1. The van der Waals surface area contributed by atoms with E-state index in [1.165, 1.54) is 11.5 Å². The van der Waals surface area contributed by atoms with Gasteiger partial charge in [-0.1, -0.05) is 5.21 Å². The van der Waals surface area contributed by atoms with Gasteiger partial charge in [-0.25, -0.2) is 13.6 Å². The van der Waals surface area contributed by atoms with Crippen LogP contribution in [0.3, 0.4) is 0 Å². The molecule has 0 bridgehead atoms. The first-order chi connectivity index (χ1) is 15.6. The van der Waals surface area contributed by atoms with Crippen molar-refractivity contribution in [2.45, 2.75) is 45.8 Å². The first kappa shape index (κ1) is 20.6. The lowest BCUT2D eigenvalue weighted by molar-refractivity contribution is 0.232. The van der Waals surface area contributed by atoms with Gasteiger partial charge in [0.05, 0.1) is 22.8 Å². The summed E-state index contributed by atoms with van der Waals surface area (Å²) in [5.74, 6) is 0.590. The third kappa shape index (κ3) is 3.53. The maximum atomic E-state index is 9.59. The van der Waals surface area contributed by atoms with Gasteiger partial charge in [0, 0.05) is 18.0 Å². The highest BCUT2D eigenvalue weighted by Gasteiger charge is 2.23. The van der Waals surface area contributed by atoms with Crippen LogP contribution >= 0.6 is 11.5 Å². The zero-order chi connectivity index (χ0) is 22.2. The Balaban J connectivity index is 1.57. The Kier molecular flexibility index (Phi) is 5.36. The SMILES string of the molecule is Cc1cnsc1C(C)Oc1cc(-c2nnn(C3CCNCC3)c2C)cn2ncc(C#N)c12. The van der Waals surface area contributed by atoms with Gasteiger partial charge in [-0.05, 0) is 69.9 Å².